The fourth-order valence-corrected chi connectivity index (χ4v) is 3.41. The highest BCUT2D eigenvalue weighted by Crippen LogP contribution is 2.21. The van der Waals surface area contributed by atoms with E-state index in [-0.39, 0.29) is 24.6 Å². The van der Waals surface area contributed by atoms with Gasteiger partial charge >= 0.3 is 6.03 Å². The Morgan fingerprint density at radius 1 is 1.15 bits per heavy atom. The van der Waals surface area contributed by atoms with E-state index in [9.17, 15) is 9.59 Å². The van der Waals surface area contributed by atoms with Gasteiger partial charge in [0, 0.05) is 44.1 Å². The van der Waals surface area contributed by atoms with Gasteiger partial charge in [-0.3, -0.25) is 14.7 Å². The second-order valence-electron chi connectivity index (χ2n) is 6.60. The van der Waals surface area contributed by atoms with Gasteiger partial charge in [-0.05, 0) is 12.1 Å². The van der Waals surface area contributed by atoms with Gasteiger partial charge in [0.1, 0.15) is 12.6 Å². The van der Waals surface area contributed by atoms with Gasteiger partial charge in [-0.1, -0.05) is 18.2 Å². The third-order valence-electron chi connectivity index (χ3n) is 4.81. The largest absolute Gasteiger partial charge is 0.471 e. The van der Waals surface area contributed by atoms with Crippen molar-refractivity contribution in [3.63, 3.8) is 0 Å². The Hall–Kier alpha value is -3.16. The minimum atomic E-state index is -0.124. The van der Waals surface area contributed by atoms with Gasteiger partial charge in [0.05, 0.1) is 12.7 Å². The molecule has 0 radical (unpaired) electrons. The highest BCUT2D eigenvalue weighted by Gasteiger charge is 2.34. The van der Waals surface area contributed by atoms with Crippen LogP contribution in [0.25, 0.3) is 0 Å². The van der Waals surface area contributed by atoms with Crippen molar-refractivity contribution in [2.45, 2.75) is 12.5 Å². The van der Waals surface area contributed by atoms with Crippen molar-refractivity contribution in [2.75, 3.05) is 37.6 Å². The lowest BCUT2D eigenvalue weighted by molar-refractivity contribution is -0.130. The average molecular weight is 367 g/mol. The lowest BCUT2D eigenvalue weighted by Crippen LogP contribution is -2.42. The SMILES string of the molecule is O=C(CN1CCN(c2ccccc2)C1=O)N1CC[C@H](Oc2cnccn2)C1. The summed E-state index contributed by atoms with van der Waals surface area (Å²) >= 11 is 0. The normalized spacial score (nSPS) is 19.6. The number of carbonyl (C=O) groups is 2. The topological polar surface area (TPSA) is 78.9 Å². The highest BCUT2D eigenvalue weighted by molar-refractivity contribution is 5.96. The molecule has 2 aliphatic heterocycles. The predicted octanol–water partition coefficient (Wildman–Crippen LogP) is 1.40. The summed E-state index contributed by atoms with van der Waals surface area (Å²) in [7, 11) is 0. The number of para-hydroxylation sites is 1. The summed E-state index contributed by atoms with van der Waals surface area (Å²) in [5.41, 5.74) is 0.857. The summed E-state index contributed by atoms with van der Waals surface area (Å²) in [6.07, 6.45) is 5.37. The molecule has 8 heteroatoms. The predicted molar refractivity (Wildman–Crippen MR) is 98.4 cm³/mol. The highest BCUT2D eigenvalue weighted by atomic mass is 16.5. The van der Waals surface area contributed by atoms with Gasteiger partial charge < -0.3 is 14.5 Å². The third kappa shape index (κ3) is 3.84. The Morgan fingerprint density at radius 3 is 2.78 bits per heavy atom. The fourth-order valence-electron chi connectivity index (χ4n) is 3.41. The summed E-state index contributed by atoms with van der Waals surface area (Å²) < 4.78 is 5.77. The summed E-state index contributed by atoms with van der Waals surface area (Å²) in [4.78, 5) is 38.3. The minimum Gasteiger partial charge on any atom is -0.471 e. The first kappa shape index (κ1) is 17.3. The molecule has 0 aliphatic carbocycles. The van der Waals surface area contributed by atoms with Gasteiger partial charge in [0.2, 0.25) is 11.8 Å². The molecule has 0 N–H and O–H groups in total. The van der Waals surface area contributed by atoms with Crippen LogP contribution in [0.4, 0.5) is 10.5 Å². The Labute approximate surface area is 157 Å². The second-order valence-corrected chi connectivity index (χ2v) is 6.60. The van der Waals surface area contributed by atoms with Crippen LogP contribution in [0.5, 0.6) is 5.88 Å². The number of benzene rings is 1. The molecule has 1 aromatic heterocycles. The number of amides is 3. The number of urea groups is 1. The summed E-state index contributed by atoms with van der Waals surface area (Å²) in [6.45, 7) is 2.36. The quantitative estimate of drug-likeness (QED) is 0.798. The number of rotatable bonds is 5. The van der Waals surface area contributed by atoms with Gasteiger partial charge in [-0.25, -0.2) is 9.78 Å². The van der Waals surface area contributed by atoms with Gasteiger partial charge in [0.15, 0.2) is 0 Å². The second kappa shape index (κ2) is 7.61. The number of carbonyl (C=O) groups excluding carboxylic acids is 2. The minimum absolute atomic E-state index is 0.0523. The van der Waals surface area contributed by atoms with E-state index in [0.717, 1.165) is 12.1 Å². The number of anilines is 1. The zero-order valence-corrected chi connectivity index (χ0v) is 14.9. The molecule has 1 atom stereocenters. The van der Waals surface area contributed by atoms with Crippen molar-refractivity contribution < 1.29 is 14.3 Å². The molecule has 3 amide bonds. The van der Waals surface area contributed by atoms with Crippen molar-refractivity contribution >= 4 is 17.6 Å². The van der Waals surface area contributed by atoms with E-state index >= 15 is 0 Å². The zero-order chi connectivity index (χ0) is 18.6. The molecular formula is C19H21N5O3. The number of hydrogen-bond acceptors (Lipinski definition) is 5. The van der Waals surface area contributed by atoms with Crippen LogP contribution in [0.1, 0.15) is 6.42 Å². The maximum atomic E-state index is 12.6. The summed E-state index contributed by atoms with van der Waals surface area (Å²) in [6, 6.07) is 9.39. The number of nitrogens with zero attached hydrogens (tertiary/aromatic N) is 5. The Kier molecular flexibility index (Phi) is 4.86. The van der Waals surface area contributed by atoms with Crippen molar-refractivity contribution in [2.24, 2.45) is 0 Å². The van der Waals surface area contributed by atoms with Crippen LogP contribution in [-0.2, 0) is 4.79 Å². The molecule has 3 heterocycles. The van der Waals surface area contributed by atoms with Gasteiger partial charge in [-0.15, -0.1) is 0 Å². The Morgan fingerprint density at radius 2 is 2.00 bits per heavy atom. The zero-order valence-electron chi connectivity index (χ0n) is 14.9. The van der Waals surface area contributed by atoms with Crippen molar-refractivity contribution in [3.05, 3.63) is 48.9 Å². The van der Waals surface area contributed by atoms with E-state index in [4.69, 9.17) is 4.74 Å². The molecular weight excluding hydrogens is 346 g/mol. The van der Waals surface area contributed by atoms with E-state index < -0.39 is 0 Å². The van der Waals surface area contributed by atoms with E-state index in [1.54, 1.807) is 33.3 Å². The molecule has 140 valence electrons. The van der Waals surface area contributed by atoms with Crippen LogP contribution in [0.3, 0.4) is 0 Å². The first-order valence-corrected chi connectivity index (χ1v) is 9.02. The van der Waals surface area contributed by atoms with Crippen LogP contribution in [0.15, 0.2) is 48.9 Å². The van der Waals surface area contributed by atoms with E-state index in [1.807, 2.05) is 30.3 Å². The molecule has 2 aromatic rings. The maximum absolute atomic E-state index is 12.6. The molecule has 27 heavy (non-hydrogen) atoms. The van der Waals surface area contributed by atoms with Crippen LogP contribution in [0.2, 0.25) is 0 Å². The molecule has 4 rings (SSSR count). The molecule has 2 fully saturated rings. The Bertz CT molecular complexity index is 802. The number of ether oxygens (including phenoxy) is 1. The molecule has 0 saturated carbocycles. The van der Waals surface area contributed by atoms with Crippen molar-refractivity contribution in [1.82, 2.24) is 19.8 Å². The molecule has 2 saturated heterocycles. The third-order valence-corrected chi connectivity index (χ3v) is 4.81. The van der Waals surface area contributed by atoms with Gasteiger partial charge in [-0.2, -0.15) is 0 Å². The smallest absolute Gasteiger partial charge is 0.325 e. The van der Waals surface area contributed by atoms with Crippen LogP contribution < -0.4 is 9.64 Å². The maximum Gasteiger partial charge on any atom is 0.325 e. The first-order chi connectivity index (χ1) is 13.2. The van der Waals surface area contributed by atoms with Crippen LogP contribution in [0, 0.1) is 0 Å². The standard InChI is InChI=1S/C19H21N5O3/c25-18(22-9-6-16(13-22)27-17-12-20-7-8-21-17)14-23-10-11-24(19(23)26)15-4-2-1-3-5-15/h1-5,7-8,12,16H,6,9-11,13-14H2/t16-/m0/s1. The average Bonchev–Trinajstić information content (AvgIpc) is 3.31. The van der Waals surface area contributed by atoms with E-state index in [1.165, 1.54) is 0 Å². The number of hydrogen-bond donors (Lipinski definition) is 0. The summed E-state index contributed by atoms with van der Waals surface area (Å²) in [5.74, 6) is 0.411. The lowest BCUT2D eigenvalue weighted by Gasteiger charge is -2.22. The molecule has 0 spiro atoms. The summed E-state index contributed by atoms with van der Waals surface area (Å²) in [5, 5.41) is 0. The molecule has 0 unspecified atom stereocenters. The van der Waals surface area contributed by atoms with E-state index in [2.05, 4.69) is 9.97 Å². The molecule has 0 bridgehead atoms. The fraction of sp³-hybridized carbons (Fsp3) is 0.368. The first-order valence-electron chi connectivity index (χ1n) is 9.02. The van der Waals surface area contributed by atoms with Crippen molar-refractivity contribution in [1.29, 1.82) is 0 Å². The van der Waals surface area contributed by atoms with Gasteiger partial charge in [0.25, 0.3) is 0 Å². The number of likely N-dealkylation sites (tertiary alicyclic amines) is 1. The number of aromatic nitrogens is 2. The van der Waals surface area contributed by atoms with E-state index in [0.29, 0.717) is 32.1 Å². The monoisotopic (exact) mass is 367 g/mol. The van der Waals surface area contributed by atoms with Crippen LogP contribution >= 0.6 is 0 Å². The lowest BCUT2D eigenvalue weighted by atomic mass is 10.3. The molecule has 1 aromatic carbocycles. The Balaban J connectivity index is 1.30. The van der Waals surface area contributed by atoms with Crippen LogP contribution in [-0.4, -0.2) is 70.5 Å². The molecule has 2 aliphatic rings. The molecule has 8 nitrogen and oxygen atoms in total. The van der Waals surface area contributed by atoms with Crippen molar-refractivity contribution in [3.8, 4) is 5.88 Å².